The highest BCUT2D eigenvalue weighted by molar-refractivity contribution is 6.10. The SMILES string of the molecule is CC(C)c1ccc2c(c1)CC(=O)N2.CC(C)c1ccc2c(c1)CC(=O)N2C.CC(C)c1ccnc(-c2ccc3c(c2)CC(=O)N3)c1.CC(C)c1ccnc(-c2ccc3c(c2)CC(=O)N3C)c1.CC(C)c1ccnc(-c2cccc3c2CC(=O)N3C)c1.CC(C)c1ccnc(N2CCc3cnccc32)c1.CC(C)c1ccnc(N2Cc3ccncc3C2=O)c1.CC(C)n1ccc2cnccc21.Cc1ccc2c(c1)CCN2C(C)C. The zero-order valence-electron chi connectivity index (χ0n) is 89.8. The van der Waals surface area contributed by atoms with E-state index < -0.39 is 0 Å². The summed E-state index contributed by atoms with van der Waals surface area (Å²) < 4.78 is 2.25. The van der Waals surface area contributed by atoms with Gasteiger partial charge >= 0.3 is 0 Å². The van der Waals surface area contributed by atoms with Gasteiger partial charge in [0.25, 0.3) is 5.91 Å². The van der Waals surface area contributed by atoms with Crippen LogP contribution in [-0.4, -0.2) is 120 Å². The number of rotatable bonds is 14. The third-order valence-corrected chi connectivity index (χ3v) is 28.4. The van der Waals surface area contributed by atoms with Gasteiger partial charge in [-0.3, -0.25) is 63.6 Å². The lowest BCUT2D eigenvalue weighted by molar-refractivity contribution is -0.117. The lowest BCUT2D eigenvalue weighted by Gasteiger charge is -2.23. The monoisotopic (exact) mass is 1980 g/mol. The predicted octanol–water partition coefficient (Wildman–Crippen LogP) is 26.2. The molecule has 6 aromatic carbocycles. The van der Waals surface area contributed by atoms with Gasteiger partial charge in [0.05, 0.1) is 66.8 Å². The number of hydrogen-bond donors (Lipinski definition) is 2. The Morgan fingerprint density at radius 1 is 0.318 bits per heavy atom. The molecule has 23 nitrogen and oxygen atoms in total. The maximum Gasteiger partial charge on any atom is 0.261 e. The van der Waals surface area contributed by atoms with Crippen LogP contribution >= 0.6 is 0 Å². The van der Waals surface area contributed by atoms with E-state index >= 15 is 0 Å². The summed E-state index contributed by atoms with van der Waals surface area (Å²) in [5.74, 6) is 5.87. The molecule has 23 rings (SSSR count). The largest absolute Gasteiger partial charge is 0.369 e. The molecule has 8 aliphatic rings. The molecule has 0 aliphatic carbocycles. The highest BCUT2D eigenvalue weighted by Gasteiger charge is 2.33. The first kappa shape index (κ1) is 107. The minimum atomic E-state index is -0.0171. The van der Waals surface area contributed by atoms with E-state index in [-0.39, 0.29) is 35.4 Å². The summed E-state index contributed by atoms with van der Waals surface area (Å²) in [4.78, 5) is 116. The molecule has 148 heavy (non-hydrogen) atoms. The highest BCUT2D eigenvalue weighted by Crippen LogP contribution is 2.41. The summed E-state index contributed by atoms with van der Waals surface area (Å²) in [5, 5.41) is 6.88. The maximum absolute atomic E-state index is 12.3. The molecule has 9 aromatic heterocycles. The fourth-order valence-electron chi connectivity index (χ4n) is 19.3. The molecule has 0 atom stereocenters. The first-order chi connectivity index (χ1) is 70.9. The summed E-state index contributed by atoms with van der Waals surface area (Å²) in [5.41, 5.74) is 35.5. The number of nitrogens with zero attached hydrogens (tertiary/aromatic N) is 15. The zero-order chi connectivity index (χ0) is 106. The van der Waals surface area contributed by atoms with Crippen molar-refractivity contribution in [2.24, 2.45) is 0 Å². The first-order valence-electron chi connectivity index (χ1n) is 52.0. The summed E-state index contributed by atoms with van der Waals surface area (Å²) in [6.07, 6.45) is 27.0. The Labute approximate surface area is 873 Å². The molecule has 6 amide bonds. The van der Waals surface area contributed by atoms with Crippen molar-refractivity contribution in [3.05, 3.63) is 363 Å². The average Bonchev–Trinajstić information content (AvgIpc) is 1.63. The maximum atomic E-state index is 12.3. The number of benzene rings is 6. The van der Waals surface area contributed by atoms with Crippen molar-refractivity contribution < 1.29 is 28.8 Å². The van der Waals surface area contributed by atoms with Gasteiger partial charge in [0.1, 0.15) is 11.6 Å². The van der Waals surface area contributed by atoms with Gasteiger partial charge in [-0.05, 0) is 306 Å². The van der Waals surface area contributed by atoms with Crippen LogP contribution < -0.4 is 40.0 Å². The number of hydrogen-bond acceptors (Lipinski definition) is 16. The normalized spacial score (nSPS) is 14.0. The Bertz CT molecular complexity index is 7340. The quantitative estimate of drug-likeness (QED) is 0.103. The van der Waals surface area contributed by atoms with Crippen LogP contribution in [0.3, 0.4) is 0 Å². The van der Waals surface area contributed by atoms with Crippen LogP contribution in [-0.2, 0) is 75.5 Å². The second-order valence-electron chi connectivity index (χ2n) is 41.8. The number of carbonyl (C=O) groups excluding carboxylic acids is 6. The standard InChI is InChI=1S/2C17H18N2O.C16H16N2O.C15H15N3O.C15H17N3.C12H15NO.C12H17N.C11H13NO.C10H12N2/c1-11(2)12-6-7-18-15(9-12)13-4-5-16-14(8-13)10-17(20)19(16)3;1-11(2)12-7-8-18-15(9-12)13-5-4-6-16-14(13)10-17(20)19(16)3;1-10(2)11-5-6-17-15(8-11)12-3-4-14-13(7-12)9-16(19)18-14;1-10(2)11-4-6-17-14(7-11)18-9-12-3-5-16-8-13(12)15(18)19;1-11(2)12-3-7-17-15(9-12)18-8-5-13-10-16-6-4-14(13)18;1-8(2)9-4-5-11-10(6-9)7-12(14)13(11)3;1-9(2)13-7-6-11-8-10(3)4-5-12(11)13;1-7(2)8-3-4-10-9(5-8)6-11(13)12-10;1-8(2)12-6-4-9-7-11-5-3-10(9)12/h2*4-9,11H,10H2,1-3H3;3-8,10H,9H2,1-2H3,(H,18,19);3-8,10H,9H2,1-2H3;3-4,6-7,9-11H,5,8H2,1-2H3;4-6,8H,7H2,1-3H3;4-5,8-9H,6-7H2,1-3H3;3-5,7H,6H2,1-2H3,(H,12,13);3-8H,1-2H3. The fourth-order valence-corrected chi connectivity index (χ4v) is 19.3. The molecule has 23 heteroatoms. The number of nitrogens with one attached hydrogen (secondary N) is 2. The number of aryl methyl sites for hydroxylation is 1. The van der Waals surface area contributed by atoms with E-state index in [0.29, 0.717) is 104 Å². The molecule has 762 valence electrons. The van der Waals surface area contributed by atoms with Gasteiger partial charge in [-0.2, -0.15) is 0 Å². The van der Waals surface area contributed by atoms with Crippen LogP contribution in [0.2, 0.25) is 0 Å². The Morgan fingerprint density at radius 3 is 1.34 bits per heavy atom. The van der Waals surface area contributed by atoms with Crippen LogP contribution in [0.5, 0.6) is 0 Å². The smallest absolute Gasteiger partial charge is 0.261 e. The zero-order valence-corrected chi connectivity index (χ0v) is 89.8. The van der Waals surface area contributed by atoms with Crippen molar-refractivity contribution in [2.45, 2.75) is 237 Å². The molecule has 0 unspecified atom stereocenters. The van der Waals surface area contributed by atoms with E-state index in [0.717, 1.165) is 109 Å². The summed E-state index contributed by atoms with van der Waals surface area (Å²) in [6, 6.07) is 67.6. The van der Waals surface area contributed by atoms with Crippen LogP contribution in [0.1, 0.15) is 271 Å². The molecule has 8 aliphatic heterocycles. The van der Waals surface area contributed by atoms with Crippen molar-refractivity contribution in [3.8, 4) is 33.8 Å². The van der Waals surface area contributed by atoms with Crippen molar-refractivity contribution in [1.29, 1.82) is 0 Å². The molecule has 0 spiro atoms. The molecule has 0 fully saturated rings. The fraction of sp³-hybridized carbons (Fsp3) is 0.328. The number of aromatic nitrogens is 9. The minimum Gasteiger partial charge on any atom is -0.369 e. The second kappa shape index (κ2) is 47.8. The van der Waals surface area contributed by atoms with Crippen molar-refractivity contribution in [2.75, 3.05) is 74.3 Å². The van der Waals surface area contributed by atoms with E-state index in [1.807, 2.05) is 137 Å². The summed E-state index contributed by atoms with van der Waals surface area (Å²) in [6.45, 7) is 44.2. The van der Waals surface area contributed by atoms with Crippen LogP contribution in [0, 0.1) is 6.92 Å². The Hall–Kier alpha value is -15.5. The number of carbonyl (C=O) groups is 6. The van der Waals surface area contributed by atoms with Crippen LogP contribution in [0.25, 0.3) is 44.7 Å². The van der Waals surface area contributed by atoms with E-state index in [9.17, 15) is 28.8 Å². The highest BCUT2D eigenvalue weighted by atomic mass is 16.2. The molecule has 0 saturated carbocycles. The Morgan fingerprint density at radius 2 is 0.770 bits per heavy atom. The molecule has 0 radical (unpaired) electrons. The molecule has 0 saturated heterocycles. The lowest BCUT2D eigenvalue weighted by atomic mass is 9.98. The van der Waals surface area contributed by atoms with Gasteiger partial charge in [0, 0.05) is 183 Å². The number of amides is 6. The molecule has 0 bridgehead atoms. The molecular formula is C125H141N17O6. The van der Waals surface area contributed by atoms with Gasteiger partial charge in [-0.1, -0.05) is 163 Å². The van der Waals surface area contributed by atoms with Crippen LogP contribution in [0.15, 0.2) is 268 Å². The van der Waals surface area contributed by atoms with E-state index in [1.54, 1.807) is 38.2 Å². The van der Waals surface area contributed by atoms with Gasteiger partial charge < -0.3 is 39.7 Å². The summed E-state index contributed by atoms with van der Waals surface area (Å²) >= 11 is 0. The number of fused-ring (bicyclic) bond motifs is 9. The molecule has 15 aromatic rings. The van der Waals surface area contributed by atoms with E-state index in [4.69, 9.17) is 0 Å². The Kier molecular flexibility index (Phi) is 34.4. The summed E-state index contributed by atoms with van der Waals surface area (Å²) in [7, 11) is 5.49. The van der Waals surface area contributed by atoms with E-state index in [1.165, 1.54) is 96.4 Å². The van der Waals surface area contributed by atoms with Gasteiger partial charge in [-0.15, -0.1) is 0 Å². The van der Waals surface area contributed by atoms with Crippen molar-refractivity contribution in [1.82, 2.24) is 44.4 Å². The first-order valence-corrected chi connectivity index (χ1v) is 52.0. The molecule has 2 N–H and O–H groups in total. The Balaban J connectivity index is 0.000000125. The van der Waals surface area contributed by atoms with Gasteiger partial charge in [-0.25, -0.2) is 9.97 Å². The third-order valence-electron chi connectivity index (χ3n) is 28.4. The molecular weight excluding hydrogens is 1840 g/mol. The topological polar surface area (TPSA) is 254 Å². The second-order valence-corrected chi connectivity index (χ2v) is 41.8. The van der Waals surface area contributed by atoms with Gasteiger partial charge in [0.2, 0.25) is 29.5 Å². The lowest BCUT2D eigenvalue weighted by Crippen LogP contribution is -2.28. The average molecular weight is 1980 g/mol. The predicted molar refractivity (Wildman–Crippen MR) is 602 cm³/mol. The number of anilines is 9. The minimum absolute atomic E-state index is 0.0171. The van der Waals surface area contributed by atoms with Gasteiger partial charge in [0.15, 0.2) is 0 Å². The van der Waals surface area contributed by atoms with E-state index in [2.05, 4.69) is 330 Å². The number of pyridine rings is 8. The number of likely N-dealkylation sites (N-methyl/N-ethyl adjacent to an activating group) is 3. The molecule has 17 heterocycles. The van der Waals surface area contributed by atoms with Crippen molar-refractivity contribution >= 4 is 97.8 Å². The third kappa shape index (κ3) is 25.4. The van der Waals surface area contributed by atoms with Crippen LogP contribution in [0.4, 0.5) is 51.4 Å². The van der Waals surface area contributed by atoms with Crippen molar-refractivity contribution in [3.63, 3.8) is 0 Å².